The van der Waals surface area contributed by atoms with Gasteiger partial charge in [0.05, 0.1) is 16.0 Å². The molecule has 0 amide bonds. The fourth-order valence-electron chi connectivity index (χ4n) is 4.57. The number of nitrogens with one attached hydrogen (secondary N) is 1. The molecule has 1 N–H and O–H groups in total. The van der Waals surface area contributed by atoms with E-state index in [0.29, 0.717) is 29.7 Å². The topological polar surface area (TPSA) is 42.0 Å². The minimum Gasteiger partial charge on any atom is -0.343 e. The monoisotopic (exact) mass is 420 g/mol. The van der Waals surface area contributed by atoms with Crippen molar-refractivity contribution in [1.82, 2.24) is 4.98 Å². The minimum absolute atomic E-state index is 0.0887. The summed E-state index contributed by atoms with van der Waals surface area (Å²) in [4.78, 5) is 17.3. The van der Waals surface area contributed by atoms with Gasteiger partial charge in [0, 0.05) is 29.5 Å². The maximum atomic E-state index is 13.6. The molecule has 0 saturated carbocycles. The summed E-state index contributed by atoms with van der Waals surface area (Å²) in [6.07, 6.45) is -2.99. The molecule has 2 heterocycles. The summed E-state index contributed by atoms with van der Waals surface area (Å²) in [5, 5.41) is 2.70. The van der Waals surface area contributed by atoms with Crippen LogP contribution in [0.3, 0.4) is 0 Å². The highest BCUT2D eigenvalue weighted by molar-refractivity contribution is 6.33. The van der Waals surface area contributed by atoms with Crippen molar-refractivity contribution in [2.24, 2.45) is 5.41 Å². The van der Waals surface area contributed by atoms with Crippen molar-refractivity contribution in [2.75, 3.05) is 5.32 Å². The fraction of sp³-hybridized carbons (Fsp3) is 0.364. The maximum absolute atomic E-state index is 13.6. The van der Waals surface area contributed by atoms with Crippen LogP contribution in [0.5, 0.6) is 0 Å². The summed E-state index contributed by atoms with van der Waals surface area (Å²) >= 11 is 6.35. The summed E-state index contributed by atoms with van der Waals surface area (Å²) in [5.74, 6) is 0.174. The van der Waals surface area contributed by atoms with E-state index in [1.807, 2.05) is 32.0 Å². The molecule has 0 fully saturated rings. The van der Waals surface area contributed by atoms with Gasteiger partial charge in [-0.25, -0.2) is 4.98 Å². The molecule has 152 valence electrons. The lowest BCUT2D eigenvalue weighted by Gasteiger charge is -2.45. The first kappa shape index (κ1) is 20.0. The number of carbonyl (C=O) groups excluding carboxylic acids is 1. The Morgan fingerprint density at radius 3 is 2.38 bits per heavy atom. The van der Waals surface area contributed by atoms with Crippen LogP contribution in [0.1, 0.15) is 50.3 Å². The van der Waals surface area contributed by atoms with Gasteiger partial charge in [-0.1, -0.05) is 55.8 Å². The van der Waals surface area contributed by atoms with Gasteiger partial charge in [0.2, 0.25) is 0 Å². The Bertz CT molecular complexity index is 1040. The highest BCUT2D eigenvalue weighted by atomic mass is 35.5. The SMILES string of the molecule is CC1(C)CC(=O)C2=C(C1)Nc1ncc(C(F)(F)F)c(Cl)c1[C@]2(C)c1ccccc1. The predicted octanol–water partition coefficient (Wildman–Crippen LogP) is 6.13. The lowest BCUT2D eigenvalue weighted by Crippen LogP contribution is -2.42. The highest BCUT2D eigenvalue weighted by Gasteiger charge is 2.50. The Morgan fingerprint density at radius 1 is 1.10 bits per heavy atom. The van der Waals surface area contributed by atoms with Gasteiger partial charge >= 0.3 is 6.18 Å². The summed E-state index contributed by atoms with van der Waals surface area (Å²) in [7, 11) is 0. The maximum Gasteiger partial charge on any atom is 0.419 e. The molecule has 1 aromatic heterocycles. The van der Waals surface area contributed by atoms with Gasteiger partial charge in [-0.3, -0.25) is 4.79 Å². The van der Waals surface area contributed by atoms with Gasteiger partial charge in [0.25, 0.3) is 0 Å². The number of hydrogen-bond acceptors (Lipinski definition) is 3. The molecule has 0 radical (unpaired) electrons. The number of aromatic nitrogens is 1. The number of ketones is 1. The van der Waals surface area contributed by atoms with E-state index in [0.717, 1.165) is 6.20 Å². The van der Waals surface area contributed by atoms with Crippen molar-refractivity contribution < 1.29 is 18.0 Å². The van der Waals surface area contributed by atoms with E-state index in [-0.39, 0.29) is 22.6 Å². The zero-order valence-electron chi connectivity index (χ0n) is 16.2. The second-order valence-electron chi connectivity index (χ2n) is 8.62. The van der Waals surface area contributed by atoms with E-state index in [2.05, 4.69) is 10.3 Å². The molecule has 2 aromatic rings. The van der Waals surface area contributed by atoms with Gasteiger partial charge in [-0.05, 0) is 24.3 Å². The third kappa shape index (κ3) is 3.05. The number of allylic oxidation sites excluding steroid dienone is 2. The molecular formula is C22H20ClF3N2O. The molecule has 1 aromatic carbocycles. The van der Waals surface area contributed by atoms with Crippen molar-refractivity contribution in [2.45, 2.75) is 45.2 Å². The summed E-state index contributed by atoms with van der Waals surface area (Å²) in [6.45, 7) is 5.76. The average Bonchev–Trinajstić information content (AvgIpc) is 2.59. The lowest BCUT2D eigenvalue weighted by molar-refractivity contribution is -0.137. The quantitative estimate of drug-likeness (QED) is 0.603. The molecule has 3 nitrogen and oxygen atoms in total. The molecular weight excluding hydrogens is 401 g/mol. The molecule has 0 saturated heterocycles. The van der Waals surface area contributed by atoms with Crippen LogP contribution in [0.2, 0.25) is 5.02 Å². The van der Waals surface area contributed by atoms with Gasteiger partial charge in [0.1, 0.15) is 5.82 Å². The van der Waals surface area contributed by atoms with Crippen LogP contribution in [0, 0.1) is 5.41 Å². The van der Waals surface area contributed by atoms with Crippen LogP contribution in [0.25, 0.3) is 0 Å². The Labute approximate surface area is 172 Å². The van der Waals surface area contributed by atoms with E-state index in [1.165, 1.54) is 0 Å². The highest BCUT2D eigenvalue weighted by Crippen LogP contribution is 2.55. The molecule has 1 atom stereocenters. The van der Waals surface area contributed by atoms with Crippen molar-refractivity contribution in [3.05, 3.63) is 69.5 Å². The van der Waals surface area contributed by atoms with E-state index in [4.69, 9.17) is 11.6 Å². The van der Waals surface area contributed by atoms with E-state index in [1.54, 1.807) is 19.1 Å². The molecule has 1 aliphatic heterocycles. The molecule has 0 spiro atoms. The predicted molar refractivity (Wildman–Crippen MR) is 106 cm³/mol. The number of pyridine rings is 1. The smallest absolute Gasteiger partial charge is 0.343 e. The number of hydrogen-bond donors (Lipinski definition) is 1. The number of carbonyl (C=O) groups is 1. The number of halogens is 4. The first-order chi connectivity index (χ1) is 13.4. The Kier molecular flexibility index (Phi) is 4.35. The van der Waals surface area contributed by atoms with Crippen LogP contribution in [0.15, 0.2) is 47.8 Å². The molecule has 4 rings (SSSR count). The number of benzene rings is 1. The third-order valence-corrected chi connectivity index (χ3v) is 6.21. The Morgan fingerprint density at radius 2 is 1.76 bits per heavy atom. The van der Waals surface area contributed by atoms with Crippen molar-refractivity contribution in [3.63, 3.8) is 0 Å². The van der Waals surface area contributed by atoms with Crippen molar-refractivity contribution in [1.29, 1.82) is 0 Å². The normalized spacial score (nSPS) is 23.3. The molecule has 1 aliphatic carbocycles. The van der Waals surface area contributed by atoms with Crippen LogP contribution in [-0.4, -0.2) is 10.8 Å². The zero-order valence-corrected chi connectivity index (χ0v) is 17.0. The number of nitrogens with zero attached hydrogens (tertiary/aromatic N) is 1. The number of fused-ring (bicyclic) bond motifs is 1. The largest absolute Gasteiger partial charge is 0.419 e. The first-order valence-corrected chi connectivity index (χ1v) is 9.68. The molecule has 2 aliphatic rings. The van der Waals surface area contributed by atoms with Gasteiger partial charge < -0.3 is 5.32 Å². The summed E-state index contributed by atoms with van der Waals surface area (Å²) in [6, 6.07) is 9.04. The van der Waals surface area contributed by atoms with Gasteiger partial charge in [-0.2, -0.15) is 13.2 Å². The standard InChI is InChI=1S/C22H20ClF3N2O/c1-20(2)9-14-16(15(29)10-20)21(3,12-7-5-4-6-8-12)17-18(23)13(22(24,25)26)11-27-19(17)28-14/h4-8,11H,9-10H2,1-3H3,(H,27,28)/t21-/m1/s1. The summed E-state index contributed by atoms with van der Waals surface area (Å²) < 4.78 is 40.7. The Hall–Kier alpha value is -2.34. The van der Waals surface area contributed by atoms with Crippen LogP contribution >= 0.6 is 11.6 Å². The van der Waals surface area contributed by atoms with Crippen LogP contribution in [0.4, 0.5) is 19.0 Å². The number of anilines is 1. The number of Topliss-reactive ketones (excluding diaryl/α,β-unsaturated/α-hetero) is 1. The van der Waals surface area contributed by atoms with Crippen LogP contribution < -0.4 is 5.32 Å². The van der Waals surface area contributed by atoms with Crippen molar-refractivity contribution >= 4 is 23.2 Å². The Balaban J connectivity index is 2.07. The second kappa shape index (κ2) is 6.33. The van der Waals surface area contributed by atoms with Crippen LogP contribution in [-0.2, 0) is 16.4 Å². The van der Waals surface area contributed by atoms with E-state index < -0.39 is 22.2 Å². The number of alkyl halides is 3. The molecule has 7 heteroatoms. The van der Waals surface area contributed by atoms with E-state index >= 15 is 0 Å². The summed E-state index contributed by atoms with van der Waals surface area (Å²) in [5.41, 5.74) is -0.344. The molecule has 0 bridgehead atoms. The van der Waals surface area contributed by atoms with Crippen molar-refractivity contribution in [3.8, 4) is 0 Å². The molecule has 29 heavy (non-hydrogen) atoms. The van der Waals surface area contributed by atoms with Gasteiger partial charge in [0.15, 0.2) is 5.78 Å². The average molecular weight is 421 g/mol. The van der Waals surface area contributed by atoms with Gasteiger partial charge in [-0.15, -0.1) is 0 Å². The van der Waals surface area contributed by atoms with E-state index in [9.17, 15) is 18.0 Å². The number of rotatable bonds is 1. The lowest BCUT2D eigenvalue weighted by atomic mass is 9.61. The minimum atomic E-state index is -4.65. The molecule has 0 unspecified atom stereocenters. The first-order valence-electron chi connectivity index (χ1n) is 9.31. The second-order valence-corrected chi connectivity index (χ2v) is 9.00. The fourth-order valence-corrected chi connectivity index (χ4v) is 5.01. The third-order valence-electron chi connectivity index (χ3n) is 5.82. The zero-order chi connectivity index (χ0) is 21.2.